The molecule has 1 nitrogen and oxygen atoms in total. The lowest BCUT2D eigenvalue weighted by Gasteiger charge is -2.19. The molecule has 0 radical (unpaired) electrons. The summed E-state index contributed by atoms with van der Waals surface area (Å²) in [5.41, 5.74) is 9.28. The van der Waals surface area contributed by atoms with Gasteiger partial charge in [-0.3, -0.25) is 0 Å². The lowest BCUT2D eigenvalue weighted by Crippen LogP contribution is -1.91. The Bertz CT molecular complexity index is 2420. The molecule has 9 rings (SSSR count). The van der Waals surface area contributed by atoms with E-state index in [4.69, 9.17) is 4.42 Å². The summed E-state index contributed by atoms with van der Waals surface area (Å²) in [6.45, 7) is 0. The molecule has 0 saturated carbocycles. The smallest absolute Gasteiger partial charge is 0.136 e. The molecule has 0 N–H and O–H groups in total. The second-order valence-electron chi connectivity index (χ2n) is 11.3. The summed E-state index contributed by atoms with van der Waals surface area (Å²) >= 11 is 0. The minimum atomic E-state index is 0.921. The van der Waals surface area contributed by atoms with Crippen LogP contribution in [0.5, 0.6) is 0 Å². The average molecular weight is 547 g/mol. The molecule has 0 saturated heterocycles. The highest BCUT2D eigenvalue weighted by Crippen LogP contribution is 2.46. The van der Waals surface area contributed by atoms with Crippen molar-refractivity contribution in [3.8, 4) is 33.4 Å². The van der Waals surface area contributed by atoms with Crippen molar-refractivity contribution in [2.75, 3.05) is 0 Å². The maximum atomic E-state index is 6.34. The van der Waals surface area contributed by atoms with Gasteiger partial charge < -0.3 is 4.42 Å². The molecular formula is C42H26O. The van der Waals surface area contributed by atoms with Gasteiger partial charge in [-0.15, -0.1) is 0 Å². The number of rotatable bonds is 3. The highest BCUT2D eigenvalue weighted by Gasteiger charge is 2.19. The third-order valence-electron chi connectivity index (χ3n) is 8.86. The van der Waals surface area contributed by atoms with Gasteiger partial charge in [-0.2, -0.15) is 0 Å². The summed E-state index contributed by atoms with van der Waals surface area (Å²) in [5.74, 6) is 0. The van der Waals surface area contributed by atoms with Crippen molar-refractivity contribution in [2.24, 2.45) is 0 Å². The van der Waals surface area contributed by atoms with Crippen LogP contribution in [0.2, 0.25) is 0 Å². The van der Waals surface area contributed by atoms with Crippen LogP contribution in [0.1, 0.15) is 0 Å². The largest absolute Gasteiger partial charge is 0.456 e. The Morgan fingerprint density at radius 1 is 0.302 bits per heavy atom. The Morgan fingerprint density at radius 3 is 1.56 bits per heavy atom. The fraction of sp³-hybridized carbons (Fsp3) is 0. The first-order valence-corrected chi connectivity index (χ1v) is 14.8. The zero-order valence-electron chi connectivity index (χ0n) is 23.4. The van der Waals surface area contributed by atoms with E-state index < -0.39 is 0 Å². The van der Waals surface area contributed by atoms with E-state index in [0.717, 1.165) is 21.9 Å². The molecule has 0 atom stereocenters. The molecule has 0 aliphatic heterocycles. The van der Waals surface area contributed by atoms with Gasteiger partial charge >= 0.3 is 0 Å². The monoisotopic (exact) mass is 546 g/mol. The Kier molecular flexibility index (Phi) is 5.27. The van der Waals surface area contributed by atoms with Crippen molar-refractivity contribution in [3.63, 3.8) is 0 Å². The Morgan fingerprint density at radius 2 is 0.860 bits per heavy atom. The van der Waals surface area contributed by atoms with Crippen molar-refractivity contribution in [3.05, 3.63) is 158 Å². The predicted molar refractivity (Wildman–Crippen MR) is 183 cm³/mol. The van der Waals surface area contributed by atoms with E-state index in [9.17, 15) is 0 Å². The maximum absolute atomic E-state index is 6.34. The van der Waals surface area contributed by atoms with Gasteiger partial charge in [0.2, 0.25) is 0 Å². The van der Waals surface area contributed by atoms with Crippen LogP contribution in [0.3, 0.4) is 0 Å². The van der Waals surface area contributed by atoms with Crippen LogP contribution in [0.15, 0.2) is 162 Å². The molecule has 0 unspecified atom stereocenters. The Balaban J connectivity index is 1.33. The zero-order valence-corrected chi connectivity index (χ0v) is 23.4. The molecule has 1 heteroatoms. The van der Waals surface area contributed by atoms with Crippen LogP contribution in [-0.2, 0) is 0 Å². The van der Waals surface area contributed by atoms with E-state index in [0.29, 0.717) is 0 Å². The average Bonchev–Trinajstić information content (AvgIpc) is 3.44. The number of benzene rings is 8. The van der Waals surface area contributed by atoms with Gasteiger partial charge in [0, 0.05) is 10.8 Å². The number of fused-ring (bicyclic) bond motifs is 6. The second kappa shape index (κ2) is 9.44. The standard InChI is InChI=1S/C42H26O/c1-2-11-27(12-3-1)28-21-23-29(24-22-28)41-32-15-4-6-17-34(32)42(35-18-7-5-16-33(35)41)36-19-10-13-30-25-38-31-14-8-9-20-39(31)43-40(38)26-37(30)36/h1-26H. The summed E-state index contributed by atoms with van der Waals surface area (Å²) in [6, 6.07) is 56.8. The third kappa shape index (κ3) is 3.72. The fourth-order valence-electron chi connectivity index (χ4n) is 6.90. The van der Waals surface area contributed by atoms with Crippen molar-refractivity contribution in [1.82, 2.24) is 0 Å². The summed E-state index contributed by atoms with van der Waals surface area (Å²) in [5, 5.41) is 9.74. The highest BCUT2D eigenvalue weighted by molar-refractivity contribution is 6.24. The van der Waals surface area contributed by atoms with Gasteiger partial charge in [-0.25, -0.2) is 0 Å². The van der Waals surface area contributed by atoms with E-state index in [1.54, 1.807) is 0 Å². The zero-order chi connectivity index (χ0) is 28.3. The third-order valence-corrected chi connectivity index (χ3v) is 8.86. The van der Waals surface area contributed by atoms with E-state index in [2.05, 4.69) is 146 Å². The van der Waals surface area contributed by atoms with Crippen LogP contribution in [0.4, 0.5) is 0 Å². The van der Waals surface area contributed by atoms with Crippen molar-refractivity contribution in [2.45, 2.75) is 0 Å². The highest BCUT2D eigenvalue weighted by atomic mass is 16.3. The van der Waals surface area contributed by atoms with Crippen LogP contribution in [0.25, 0.3) is 87.6 Å². The van der Waals surface area contributed by atoms with Gasteiger partial charge in [0.25, 0.3) is 0 Å². The van der Waals surface area contributed by atoms with Crippen molar-refractivity contribution >= 4 is 54.3 Å². The predicted octanol–water partition coefficient (Wildman–Crippen LogP) is 12.0. The molecule has 1 aromatic heterocycles. The molecule has 0 amide bonds. The fourth-order valence-corrected chi connectivity index (χ4v) is 6.90. The first-order chi connectivity index (χ1) is 21.3. The number of furan rings is 1. The molecule has 43 heavy (non-hydrogen) atoms. The molecule has 0 bridgehead atoms. The molecule has 200 valence electrons. The topological polar surface area (TPSA) is 13.1 Å². The normalized spacial score (nSPS) is 11.7. The van der Waals surface area contributed by atoms with Crippen molar-refractivity contribution in [1.29, 1.82) is 0 Å². The van der Waals surface area contributed by atoms with E-state index in [-0.39, 0.29) is 0 Å². The summed E-state index contributed by atoms with van der Waals surface area (Å²) in [7, 11) is 0. The molecule has 0 aliphatic rings. The van der Waals surface area contributed by atoms with Gasteiger partial charge in [-0.1, -0.05) is 140 Å². The van der Waals surface area contributed by atoms with Gasteiger partial charge in [-0.05, 0) is 83.9 Å². The molecule has 9 aromatic rings. The number of para-hydroxylation sites is 1. The lowest BCUT2D eigenvalue weighted by molar-refractivity contribution is 0.669. The molecule has 8 aromatic carbocycles. The first kappa shape index (κ1) is 24.0. The molecule has 0 aliphatic carbocycles. The summed E-state index contributed by atoms with van der Waals surface area (Å²) in [6.07, 6.45) is 0. The van der Waals surface area contributed by atoms with E-state index >= 15 is 0 Å². The number of hydrogen-bond donors (Lipinski definition) is 0. The molecule has 0 fully saturated rings. The quantitative estimate of drug-likeness (QED) is 0.201. The lowest BCUT2D eigenvalue weighted by atomic mass is 9.84. The van der Waals surface area contributed by atoms with E-state index in [1.807, 2.05) is 12.1 Å². The molecule has 1 heterocycles. The van der Waals surface area contributed by atoms with Crippen LogP contribution in [-0.4, -0.2) is 0 Å². The first-order valence-electron chi connectivity index (χ1n) is 14.8. The SMILES string of the molecule is c1ccc(-c2ccc(-c3c4ccccc4c(-c4cccc5cc6c(cc45)oc4ccccc46)c4ccccc34)cc2)cc1. The van der Waals surface area contributed by atoms with Gasteiger partial charge in [0.15, 0.2) is 0 Å². The van der Waals surface area contributed by atoms with Crippen LogP contribution < -0.4 is 0 Å². The summed E-state index contributed by atoms with van der Waals surface area (Å²) < 4.78 is 6.34. The minimum absolute atomic E-state index is 0.921. The van der Waals surface area contributed by atoms with Gasteiger partial charge in [0.05, 0.1) is 0 Å². The number of hydrogen-bond acceptors (Lipinski definition) is 1. The molecule has 0 spiro atoms. The molecular weight excluding hydrogens is 520 g/mol. The summed E-state index contributed by atoms with van der Waals surface area (Å²) in [4.78, 5) is 0. The Labute approximate surface area is 249 Å². The minimum Gasteiger partial charge on any atom is -0.456 e. The van der Waals surface area contributed by atoms with E-state index in [1.165, 1.54) is 65.7 Å². The van der Waals surface area contributed by atoms with Crippen LogP contribution >= 0.6 is 0 Å². The van der Waals surface area contributed by atoms with Gasteiger partial charge in [0.1, 0.15) is 11.2 Å². The maximum Gasteiger partial charge on any atom is 0.136 e. The van der Waals surface area contributed by atoms with Crippen molar-refractivity contribution < 1.29 is 4.42 Å². The van der Waals surface area contributed by atoms with Crippen LogP contribution in [0, 0.1) is 0 Å². The Hall–Kier alpha value is -5.66. The second-order valence-corrected chi connectivity index (χ2v) is 11.3.